The van der Waals surface area contributed by atoms with E-state index in [0.29, 0.717) is 24.6 Å². The summed E-state index contributed by atoms with van der Waals surface area (Å²) in [5.41, 5.74) is 1.05. The fourth-order valence-electron chi connectivity index (χ4n) is 2.02. The maximum Gasteiger partial charge on any atom is 0.225 e. The van der Waals surface area contributed by atoms with Crippen LogP contribution in [0.1, 0.15) is 31.7 Å². The Hall–Kier alpha value is -2.50. The lowest BCUT2D eigenvalue weighted by Gasteiger charge is -2.07. The molecule has 2 rings (SSSR count). The highest BCUT2D eigenvalue weighted by Crippen LogP contribution is 2.08. The molecule has 0 fully saturated rings. The number of unbranched alkanes of at least 4 members (excludes halogenated alkanes) is 1. The van der Waals surface area contributed by atoms with Gasteiger partial charge in [0.1, 0.15) is 11.6 Å². The summed E-state index contributed by atoms with van der Waals surface area (Å²) in [6, 6.07) is 9.91. The van der Waals surface area contributed by atoms with Gasteiger partial charge in [-0.15, -0.1) is 10.2 Å². The molecule has 0 saturated carbocycles. The number of aromatic nitrogens is 2. The lowest BCUT2D eigenvalue weighted by atomic mass is 10.1. The first-order valence-corrected chi connectivity index (χ1v) is 7.79. The third-order valence-electron chi connectivity index (χ3n) is 3.32. The minimum Gasteiger partial charge on any atom is -0.368 e. The molecule has 0 radical (unpaired) electrons. The molecular weight excluding hydrogens is 295 g/mol. The highest BCUT2D eigenvalue weighted by Gasteiger charge is 2.03. The van der Waals surface area contributed by atoms with Gasteiger partial charge in [-0.25, -0.2) is 4.39 Å². The molecule has 0 unspecified atom stereocenters. The first kappa shape index (κ1) is 16.9. The van der Waals surface area contributed by atoms with E-state index in [2.05, 4.69) is 20.8 Å². The van der Waals surface area contributed by atoms with Gasteiger partial charge in [-0.05, 0) is 42.7 Å². The largest absolute Gasteiger partial charge is 0.368 e. The summed E-state index contributed by atoms with van der Waals surface area (Å²) >= 11 is 0. The summed E-state index contributed by atoms with van der Waals surface area (Å²) in [7, 11) is 0. The molecule has 0 saturated heterocycles. The van der Waals surface area contributed by atoms with Gasteiger partial charge in [-0.2, -0.15) is 0 Å². The van der Waals surface area contributed by atoms with Gasteiger partial charge < -0.3 is 10.6 Å². The lowest BCUT2D eigenvalue weighted by Crippen LogP contribution is -2.13. The predicted molar refractivity (Wildman–Crippen MR) is 88.8 cm³/mol. The zero-order chi connectivity index (χ0) is 16.5. The van der Waals surface area contributed by atoms with Gasteiger partial charge in [0, 0.05) is 13.0 Å². The fraction of sp³-hybridized carbons (Fsp3) is 0.353. The van der Waals surface area contributed by atoms with Gasteiger partial charge in [0.25, 0.3) is 0 Å². The summed E-state index contributed by atoms with van der Waals surface area (Å²) in [6.07, 6.45) is 3.10. The fourth-order valence-corrected chi connectivity index (χ4v) is 2.02. The average Bonchev–Trinajstić information content (AvgIpc) is 2.56. The van der Waals surface area contributed by atoms with Crippen LogP contribution in [0.25, 0.3) is 0 Å². The Morgan fingerprint density at radius 2 is 1.78 bits per heavy atom. The molecule has 0 aliphatic rings. The van der Waals surface area contributed by atoms with Crippen LogP contribution >= 0.6 is 0 Å². The van der Waals surface area contributed by atoms with Crippen LogP contribution in [0.15, 0.2) is 36.4 Å². The molecule has 2 aromatic rings. The summed E-state index contributed by atoms with van der Waals surface area (Å²) in [5, 5.41) is 13.8. The SMILES string of the molecule is CCCCC(=O)Nc1ccc(NCCc2ccc(F)cc2)nn1. The van der Waals surface area contributed by atoms with Gasteiger partial charge in [-0.1, -0.05) is 25.5 Å². The van der Waals surface area contributed by atoms with E-state index in [1.165, 1.54) is 12.1 Å². The van der Waals surface area contributed by atoms with Crippen molar-refractivity contribution in [2.75, 3.05) is 17.2 Å². The third kappa shape index (κ3) is 6.02. The van der Waals surface area contributed by atoms with Crippen molar-refractivity contribution >= 4 is 17.5 Å². The number of carbonyl (C=O) groups is 1. The van der Waals surface area contributed by atoms with Crippen molar-refractivity contribution in [3.05, 3.63) is 47.8 Å². The second-order valence-corrected chi connectivity index (χ2v) is 5.26. The number of rotatable bonds is 8. The Labute approximate surface area is 135 Å². The van der Waals surface area contributed by atoms with Crippen LogP contribution in [0.2, 0.25) is 0 Å². The van der Waals surface area contributed by atoms with E-state index in [4.69, 9.17) is 0 Å². The smallest absolute Gasteiger partial charge is 0.225 e. The summed E-state index contributed by atoms with van der Waals surface area (Å²) in [4.78, 5) is 11.6. The number of anilines is 2. The van der Waals surface area contributed by atoms with E-state index in [1.807, 2.05) is 6.92 Å². The topological polar surface area (TPSA) is 66.9 Å². The highest BCUT2D eigenvalue weighted by atomic mass is 19.1. The van der Waals surface area contributed by atoms with Crippen molar-refractivity contribution in [3.8, 4) is 0 Å². The second kappa shape index (κ2) is 8.82. The molecule has 1 aromatic carbocycles. The van der Waals surface area contributed by atoms with Crippen molar-refractivity contribution in [3.63, 3.8) is 0 Å². The van der Waals surface area contributed by atoms with Crippen LogP contribution in [0, 0.1) is 5.82 Å². The van der Waals surface area contributed by atoms with E-state index in [9.17, 15) is 9.18 Å². The molecule has 1 amide bonds. The Balaban J connectivity index is 1.76. The minimum atomic E-state index is -0.232. The number of nitrogens with one attached hydrogen (secondary N) is 2. The molecule has 0 aliphatic heterocycles. The molecule has 0 aliphatic carbocycles. The van der Waals surface area contributed by atoms with E-state index < -0.39 is 0 Å². The molecule has 0 atom stereocenters. The molecule has 0 spiro atoms. The van der Waals surface area contributed by atoms with E-state index in [0.717, 1.165) is 24.8 Å². The van der Waals surface area contributed by atoms with E-state index in [1.54, 1.807) is 24.3 Å². The quantitative estimate of drug-likeness (QED) is 0.783. The predicted octanol–water partition coefficient (Wildman–Crippen LogP) is 3.40. The Kier molecular flexibility index (Phi) is 6.47. The van der Waals surface area contributed by atoms with Crippen LogP contribution in [-0.4, -0.2) is 22.6 Å². The number of carbonyl (C=O) groups excluding carboxylic acids is 1. The molecule has 5 nitrogen and oxygen atoms in total. The summed E-state index contributed by atoms with van der Waals surface area (Å²) in [5.74, 6) is 0.816. The van der Waals surface area contributed by atoms with Gasteiger partial charge in [-0.3, -0.25) is 4.79 Å². The first-order chi connectivity index (χ1) is 11.2. The van der Waals surface area contributed by atoms with Crippen LogP contribution in [0.4, 0.5) is 16.0 Å². The molecule has 1 heterocycles. The third-order valence-corrected chi connectivity index (χ3v) is 3.32. The molecule has 122 valence electrons. The van der Waals surface area contributed by atoms with Gasteiger partial charge in [0.15, 0.2) is 5.82 Å². The molecular formula is C17H21FN4O. The number of nitrogens with zero attached hydrogens (tertiary/aromatic N) is 2. The highest BCUT2D eigenvalue weighted by molar-refractivity contribution is 5.89. The van der Waals surface area contributed by atoms with Crippen LogP contribution < -0.4 is 10.6 Å². The number of hydrogen-bond acceptors (Lipinski definition) is 4. The lowest BCUT2D eigenvalue weighted by molar-refractivity contribution is -0.116. The van der Waals surface area contributed by atoms with Crippen LogP contribution in [0.5, 0.6) is 0 Å². The van der Waals surface area contributed by atoms with Crippen LogP contribution in [-0.2, 0) is 11.2 Å². The molecule has 1 aromatic heterocycles. The van der Waals surface area contributed by atoms with E-state index in [-0.39, 0.29) is 11.7 Å². The minimum absolute atomic E-state index is 0.0434. The molecule has 0 bridgehead atoms. The number of amides is 1. The number of halogens is 1. The van der Waals surface area contributed by atoms with Gasteiger partial charge in [0.05, 0.1) is 0 Å². The zero-order valence-electron chi connectivity index (χ0n) is 13.2. The average molecular weight is 316 g/mol. The maximum atomic E-state index is 12.8. The van der Waals surface area contributed by atoms with Crippen molar-refractivity contribution in [2.24, 2.45) is 0 Å². The Morgan fingerprint density at radius 1 is 1.09 bits per heavy atom. The van der Waals surface area contributed by atoms with Gasteiger partial charge in [0.2, 0.25) is 5.91 Å². The molecule has 6 heteroatoms. The van der Waals surface area contributed by atoms with Crippen molar-refractivity contribution in [2.45, 2.75) is 32.6 Å². The van der Waals surface area contributed by atoms with E-state index >= 15 is 0 Å². The summed E-state index contributed by atoms with van der Waals surface area (Å²) in [6.45, 7) is 2.71. The first-order valence-electron chi connectivity index (χ1n) is 7.79. The Bertz CT molecular complexity index is 613. The Morgan fingerprint density at radius 3 is 2.43 bits per heavy atom. The number of benzene rings is 1. The van der Waals surface area contributed by atoms with Crippen molar-refractivity contribution < 1.29 is 9.18 Å². The summed E-state index contributed by atoms with van der Waals surface area (Å²) < 4.78 is 12.8. The van der Waals surface area contributed by atoms with Gasteiger partial charge >= 0.3 is 0 Å². The van der Waals surface area contributed by atoms with Crippen molar-refractivity contribution in [1.29, 1.82) is 0 Å². The standard InChI is InChI=1S/C17H21FN4O/c1-2-3-4-17(23)20-16-10-9-15(21-22-16)19-12-11-13-5-7-14(18)8-6-13/h5-10H,2-4,11-12H2,1H3,(H,19,21)(H,20,22,23). The second-order valence-electron chi connectivity index (χ2n) is 5.26. The molecule has 2 N–H and O–H groups in total. The zero-order valence-corrected chi connectivity index (χ0v) is 13.2. The number of hydrogen-bond donors (Lipinski definition) is 2. The molecule has 23 heavy (non-hydrogen) atoms. The van der Waals surface area contributed by atoms with Crippen LogP contribution in [0.3, 0.4) is 0 Å². The normalized spacial score (nSPS) is 10.3. The monoisotopic (exact) mass is 316 g/mol. The maximum absolute atomic E-state index is 12.8. The van der Waals surface area contributed by atoms with Crippen molar-refractivity contribution in [1.82, 2.24) is 10.2 Å².